The van der Waals surface area contributed by atoms with E-state index in [1.165, 1.54) is 7.11 Å². The van der Waals surface area contributed by atoms with E-state index in [2.05, 4.69) is 10.3 Å². The lowest BCUT2D eigenvalue weighted by molar-refractivity contribution is -0.306. The molecule has 0 saturated carbocycles. The third kappa shape index (κ3) is 5.53. The van der Waals surface area contributed by atoms with Gasteiger partial charge in [0, 0.05) is 35.4 Å². The molecule has 2 aromatic heterocycles. The van der Waals surface area contributed by atoms with E-state index >= 15 is 0 Å². The zero-order chi connectivity index (χ0) is 30.3. The number of hydrogen-bond acceptors (Lipinski definition) is 8. The standard InChI is InChI=1S/C33H32N2O8/c1-33(2)29(40-3)26(36)27(37)32(43-33)41-25-14-13-20-17-24(35-30(38)23-16-19-11-7-8-12-22(19)34-23)31(39)42-28(20)21(25)15-18-9-5-4-6-10-18/h4-14,16-17,26-27,29,32,34,36-37H,15H2,1-3H3,(H,35,38)/t26-,27-,29+,32+/m0/s1. The highest BCUT2D eigenvalue weighted by atomic mass is 16.7. The Kier molecular flexibility index (Phi) is 7.53. The first-order valence-electron chi connectivity index (χ1n) is 13.9. The quantitative estimate of drug-likeness (QED) is 0.207. The first-order valence-corrected chi connectivity index (χ1v) is 13.9. The molecule has 4 atom stereocenters. The van der Waals surface area contributed by atoms with E-state index < -0.39 is 41.7 Å². The van der Waals surface area contributed by atoms with Crippen LogP contribution in [0.15, 0.2) is 88.1 Å². The molecule has 1 aliphatic rings. The Morgan fingerprint density at radius 2 is 1.72 bits per heavy atom. The monoisotopic (exact) mass is 584 g/mol. The summed E-state index contributed by atoms with van der Waals surface area (Å²) in [7, 11) is 1.44. The normalized spacial score (nSPS) is 21.6. The van der Waals surface area contributed by atoms with Crippen LogP contribution in [-0.4, -0.2) is 58.4 Å². The molecule has 0 bridgehead atoms. The number of carbonyl (C=O) groups excluding carboxylic acids is 1. The van der Waals surface area contributed by atoms with Gasteiger partial charge in [-0.15, -0.1) is 0 Å². The van der Waals surface area contributed by atoms with Crippen molar-refractivity contribution in [2.75, 3.05) is 12.4 Å². The van der Waals surface area contributed by atoms with Crippen molar-refractivity contribution in [3.05, 3.63) is 106 Å². The van der Waals surface area contributed by atoms with Crippen LogP contribution >= 0.6 is 0 Å². The number of anilines is 1. The van der Waals surface area contributed by atoms with Gasteiger partial charge in [0.25, 0.3) is 5.91 Å². The van der Waals surface area contributed by atoms with Crippen molar-refractivity contribution >= 4 is 33.5 Å². The second-order valence-corrected chi connectivity index (χ2v) is 11.1. The molecule has 5 aromatic rings. The van der Waals surface area contributed by atoms with Crippen LogP contribution < -0.4 is 15.7 Å². The number of para-hydroxylation sites is 1. The van der Waals surface area contributed by atoms with E-state index in [-0.39, 0.29) is 11.3 Å². The summed E-state index contributed by atoms with van der Waals surface area (Å²) in [6.07, 6.45) is -4.36. The Morgan fingerprint density at radius 1 is 0.977 bits per heavy atom. The number of H-pyrrole nitrogens is 1. The zero-order valence-electron chi connectivity index (χ0n) is 23.9. The Bertz CT molecular complexity index is 1810. The molecule has 1 aliphatic heterocycles. The number of benzene rings is 3. The zero-order valence-corrected chi connectivity index (χ0v) is 23.9. The molecule has 3 aromatic carbocycles. The van der Waals surface area contributed by atoms with Crippen molar-refractivity contribution in [2.24, 2.45) is 0 Å². The molecule has 0 aliphatic carbocycles. The number of aromatic amines is 1. The van der Waals surface area contributed by atoms with Crippen molar-refractivity contribution in [3.8, 4) is 5.75 Å². The number of aliphatic hydroxyl groups is 2. The van der Waals surface area contributed by atoms with Gasteiger partial charge in [0.2, 0.25) is 6.29 Å². The molecule has 10 heteroatoms. The topological polar surface area (TPSA) is 143 Å². The third-order valence-electron chi connectivity index (χ3n) is 7.75. The van der Waals surface area contributed by atoms with Gasteiger partial charge in [-0.1, -0.05) is 48.5 Å². The van der Waals surface area contributed by atoms with Gasteiger partial charge in [0.05, 0.1) is 5.60 Å². The van der Waals surface area contributed by atoms with Crippen LogP contribution in [0.2, 0.25) is 0 Å². The van der Waals surface area contributed by atoms with Crippen molar-refractivity contribution < 1.29 is 33.6 Å². The van der Waals surface area contributed by atoms with E-state index in [0.29, 0.717) is 28.8 Å². The second kappa shape index (κ2) is 11.3. The highest BCUT2D eigenvalue weighted by molar-refractivity contribution is 6.06. The van der Waals surface area contributed by atoms with E-state index in [4.69, 9.17) is 18.6 Å². The van der Waals surface area contributed by atoms with Gasteiger partial charge in [-0.3, -0.25) is 4.79 Å². The summed E-state index contributed by atoms with van der Waals surface area (Å²) in [5.41, 5.74) is 1.09. The lowest BCUT2D eigenvalue weighted by Gasteiger charge is -2.46. The molecule has 1 amide bonds. The van der Waals surface area contributed by atoms with Crippen LogP contribution in [0.3, 0.4) is 0 Å². The van der Waals surface area contributed by atoms with Crippen molar-refractivity contribution in [1.82, 2.24) is 4.98 Å². The number of rotatable bonds is 7. The lowest BCUT2D eigenvalue weighted by atomic mass is 9.89. The molecule has 4 N–H and O–H groups in total. The Hall–Kier alpha value is -4.48. The number of carbonyl (C=O) groups is 1. The fourth-order valence-corrected chi connectivity index (χ4v) is 5.60. The second-order valence-electron chi connectivity index (χ2n) is 11.1. The average Bonchev–Trinajstić information content (AvgIpc) is 3.43. The van der Waals surface area contributed by atoms with E-state index in [1.807, 2.05) is 54.6 Å². The highest BCUT2D eigenvalue weighted by Gasteiger charge is 2.50. The summed E-state index contributed by atoms with van der Waals surface area (Å²) >= 11 is 0. The van der Waals surface area contributed by atoms with Crippen LogP contribution in [0.5, 0.6) is 5.75 Å². The van der Waals surface area contributed by atoms with Gasteiger partial charge in [-0.2, -0.15) is 0 Å². The van der Waals surface area contributed by atoms with E-state index in [1.54, 1.807) is 38.1 Å². The maximum atomic E-state index is 13.2. The molecule has 43 heavy (non-hydrogen) atoms. The minimum Gasteiger partial charge on any atom is -0.462 e. The number of aliphatic hydroxyl groups excluding tert-OH is 2. The largest absolute Gasteiger partial charge is 0.462 e. The number of methoxy groups -OCH3 is 1. The summed E-state index contributed by atoms with van der Waals surface area (Å²) in [5, 5.41) is 25.6. The van der Waals surface area contributed by atoms with Crippen LogP contribution in [0, 0.1) is 0 Å². The first kappa shape index (κ1) is 28.6. The Morgan fingerprint density at radius 3 is 2.47 bits per heavy atom. The average molecular weight is 585 g/mol. The SMILES string of the molecule is CO[C@@H]1[C@@H](O)[C@H](O)[C@H](Oc2ccc3cc(NC(=O)c4cc5ccccc5[nH]4)c(=O)oc3c2Cc2ccccc2)OC1(C)C. The van der Waals surface area contributed by atoms with Crippen LogP contribution in [0.25, 0.3) is 21.9 Å². The number of amides is 1. The summed E-state index contributed by atoms with van der Waals surface area (Å²) < 4.78 is 23.4. The number of fused-ring (bicyclic) bond motifs is 2. The maximum absolute atomic E-state index is 13.2. The summed E-state index contributed by atoms with van der Waals surface area (Å²) in [6, 6.07) is 23.7. The van der Waals surface area contributed by atoms with Crippen molar-refractivity contribution in [1.29, 1.82) is 0 Å². The molecule has 0 radical (unpaired) electrons. The fraction of sp³-hybridized carbons (Fsp3) is 0.273. The lowest BCUT2D eigenvalue weighted by Crippen LogP contribution is -2.63. The van der Waals surface area contributed by atoms with Gasteiger partial charge in [-0.25, -0.2) is 4.79 Å². The Labute approximate surface area is 246 Å². The van der Waals surface area contributed by atoms with E-state index in [0.717, 1.165) is 16.5 Å². The molecule has 222 valence electrons. The predicted octanol–water partition coefficient (Wildman–Crippen LogP) is 4.37. The molecule has 1 saturated heterocycles. The number of aromatic nitrogens is 1. The molecule has 0 unspecified atom stereocenters. The minimum absolute atomic E-state index is 0.0167. The van der Waals surface area contributed by atoms with Gasteiger partial charge in [0.1, 0.15) is 41.0 Å². The Balaban J connectivity index is 1.36. The van der Waals surface area contributed by atoms with E-state index in [9.17, 15) is 19.8 Å². The van der Waals surface area contributed by atoms with Crippen LogP contribution in [-0.2, 0) is 15.9 Å². The van der Waals surface area contributed by atoms with Crippen LogP contribution in [0.4, 0.5) is 5.69 Å². The van der Waals surface area contributed by atoms with Gasteiger partial charge >= 0.3 is 5.63 Å². The van der Waals surface area contributed by atoms with Crippen molar-refractivity contribution in [2.45, 2.75) is 50.5 Å². The van der Waals surface area contributed by atoms with Gasteiger partial charge < -0.3 is 39.1 Å². The summed E-state index contributed by atoms with van der Waals surface area (Å²) in [5.74, 6) is -0.177. The molecular weight excluding hydrogens is 552 g/mol. The summed E-state index contributed by atoms with van der Waals surface area (Å²) in [6.45, 7) is 3.48. The van der Waals surface area contributed by atoms with Crippen molar-refractivity contribution in [3.63, 3.8) is 0 Å². The fourth-order valence-electron chi connectivity index (χ4n) is 5.60. The molecule has 6 rings (SSSR count). The molecule has 10 nitrogen and oxygen atoms in total. The van der Waals surface area contributed by atoms with Gasteiger partial charge in [0.15, 0.2) is 0 Å². The number of ether oxygens (including phenoxy) is 3. The first-order chi connectivity index (χ1) is 20.6. The molecule has 3 heterocycles. The third-order valence-corrected chi connectivity index (χ3v) is 7.75. The maximum Gasteiger partial charge on any atom is 0.360 e. The molecule has 1 fully saturated rings. The van der Waals surface area contributed by atoms with Crippen LogP contribution in [0.1, 0.15) is 35.5 Å². The molecular formula is C33H32N2O8. The summed E-state index contributed by atoms with van der Waals surface area (Å²) in [4.78, 5) is 29.2. The predicted molar refractivity (Wildman–Crippen MR) is 160 cm³/mol. The molecule has 0 spiro atoms. The number of hydrogen-bond donors (Lipinski definition) is 4. The highest BCUT2D eigenvalue weighted by Crippen LogP contribution is 2.36. The van der Waals surface area contributed by atoms with Gasteiger partial charge in [-0.05, 0) is 49.7 Å². The smallest absolute Gasteiger partial charge is 0.360 e. The minimum atomic E-state index is -1.41. The number of nitrogens with one attached hydrogen (secondary N) is 2.